The van der Waals surface area contributed by atoms with Crippen molar-refractivity contribution in [2.24, 2.45) is 0 Å². The number of benzene rings is 2. The van der Waals surface area contributed by atoms with Crippen molar-refractivity contribution in [1.82, 2.24) is 9.55 Å². The van der Waals surface area contributed by atoms with Crippen LogP contribution in [-0.4, -0.2) is 9.55 Å². The van der Waals surface area contributed by atoms with E-state index in [9.17, 15) is 5.26 Å². The fourth-order valence-corrected chi connectivity index (χ4v) is 2.99. The summed E-state index contributed by atoms with van der Waals surface area (Å²) in [5.74, 6) is 0.728. The molecule has 1 aromatic heterocycles. The van der Waals surface area contributed by atoms with Gasteiger partial charge in [0.1, 0.15) is 6.07 Å². The maximum absolute atomic E-state index is 9.70. The van der Waals surface area contributed by atoms with E-state index in [0.717, 1.165) is 29.0 Å². The van der Waals surface area contributed by atoms with Gasteiger partial charge in [0.15, 0.2) is 5.82 Å². The average molecular weight is 329 g/mol. The van der Waals surface area contributed by atoms with Crippen molar-refractivity contribution in [3.8, 4) is 6.07 Å². The van der Waals surface area contributed by atoms with Crippen LogP contribution in [-0.2, 0) is 12.0 Å². The van der Waals surface area contributed by atoms with E-state index in [1.165, 1.54) is 5.56 Å². The minimum atomic E-state index is 0.122. The highest BCUT2D eigenvalue weighted by molar-refractivity contribution is 5.90. The zero-order chi connectivity index (χ0) is 18.0. The molecule has 0 N–H and O–H groups in total. The molecule has 3 aromatic rings. The van der Waals surface area contributed by atoms with E-state index in [2.05, 4.69) is 67.6 Å². The van der Waals surface area contributed by atoms with Gasteiger partial charge in [-0.25, -0.2) is 4.98 Å². The molecule has 25 heavy (non-hydrogen) atoms. The fraction of sp³-hybridized carbons (Fsp3) is 0.273. The van der Waals surface area contributed by atoms with Gasteiger partial charge in [-0.15, -0.1) is 0 Å². The molecule has 126 valence electrons. The molecule has 0 aliphatic heterocycles. The zero-order valence-corrected chi connectivity index (χ0v) is 15.2. The Hall–Kier alpha value is -2.86. The molecule has 1 heterocycles. The third-order valence-electron chi connectivity index (χ3n) is 4.42. The second-order valence-corrected chi connectivity index (χ2v) is 7.21. The molecule has 3 rings (SSSR count). The Morgan fingerprint density at radius 2 is 1.80 bits per heavy atom. The van der Waals surface area contributed by atoms with Crippen LogP contribution in [0.15, 0.2) is 48.5 Å². The summed E-state index contributed by atoms with van der Waals surface area (Å²) in [6.45, 7) is 9.44. The van der Waals surface area contributed by atoms with Crippen LogP contribution in [0, 0.1) is 11.3 Å². The topological polar surface area (TPSA) is 41.6 Å². The van der Waals surface area contributed by atoms with Crippen LogP contribution in [0.3, 0.4) is 0 Å². The number of nitriles is 1. The maximum atomic E-state index is 9.70. The highest BCUT2D eigenvalue weighted by atomic mass is 15.1. The monoisotopic (exact) mass is 329 g/mol. The van der Waals surface area contributed by atoms with Gasteiger partial charge in [0.25, 0.3) is 0 Å². The summed E-state index contributed by atoms with van der Waals surface area (Å²) in [7, 11) is 0. The number of aryl methyl sites for hydroxylation is 1. The first kappa shape index (κ1) is 17.0. The van der Waals surface area contributed by atoms with Crippen LogP contribution in [0.25, 0.3) is 22.7 Å². The summed E-state index contributed by atoms with van der Waals surface area (Å²) >= 11 is 0. The lowest BCUT2D eigenvalue weighted by molar-refractivity contribution is 0.590. The van der Waals surface area contributed by atoms with Crippen LogP contribution >= 0.6 is 0 Å². The summed E-state index contributed by atoms with van der Waals surface area (Å²) in [4.78, 5) is 4.68. The molecule has 0 amide bonds. The molecule has 0 spiro atoms. The molecule has 0 saturated heterocycles. The Morgan fingerprint density at radius 3 is 2.40 bits per heavy atom. The van der Waals surface area contributed by atoms with Crippen molar-refractivity contribution in [2.75, 3.05) is 0 Å². The molecule has 0 bridgehead atoms. The van der Waals surface area contributed by atoms with Crippen molar-refractivity contribution in [3.63, 3.8) is 0 Å². The van der Waals surface area contributed by atoms with Crippen LogP contribution in [0.1, 0.15) is 44.6 Å². The minimum Gasteiger partial charge on any atom is -0.324 e. The first-order valence-electron chi connectivity index (χ1n) is 8.62. The SMILES string of the molecule is CCn1c(C(C#N)=Cc2ccc(C(C)(C)C)cc2)nc2ccccc21. The number of rotatable bonds is 3. The van der Waals surface area contributed by atoms with Gasteiger partial charge in [-0.3, -0.25) is 0 Å². The summed E-state index contributed by atoms with van der Waals surface area (Å²) in [6, 6.07) is 18.7. The minimum absolute atomic E-state index is 0.122. The van der Waals surface area contributed by atoms with Crippen LogP contribution in [0.4, 0.5) is 0 Å². The molecule has 0 fully saturated rings. The Balaban J connectivity index is 2.06. The van der Waals surface area contributed by atoms with E-state index in [1.54, 1.807) is 0 Å². The Kier molecular flexibility index (Phi) is 4.46. The zero-order valence-electron chi connectivity index (χ0n) is 15.2. The lowest BCUT2D eigenvalue weighted by Gasteiger charge is -2.18. The van der Waals surface area contributed by atoms with Crippen LogP contribution in [0.2, 0.25) is 0 Å². The van der Waals surface area contributed by atoms with Crippen molar-refractivity contribution < 1.29 is 0 Å². The van der Waals surface area contributed by atoms with Crippen LogP contribution in [0.5, 0.6) is 0 Å². The second kappa shape index (κ2) is 6.57. The van der Waals surface area contributed by atoms with Gasteiger partial charge >= 0.3 is 0 Å². The number of hydrogen-bond donors (Lipinski definition) is 0. The summed E-state index contributed by atoms with van der Waals surface area (Å²) in [5.41, 5.74) is 4.98. The molecular formula is C22H23N3. The van der Waals surface area contributed by atoms with Gasteiger partial charge in [0, 0.05) is 6.54 Å². The van der Waals surface area contributed by atoms with Gasteiger partial charge in [-0.1, -0.05) is 57.2 Å². The van der Waals surface area contributed by atoms with E-state index in [-0.39, 0.29) is 5.41 Å². The van der Waals surface area contributed by atoms with Crippen LogP contribution < -0.4 is 0 Å². The Labute approximate surface area is 149 Å². The predicted octanol–water partition coefficient (Wildman–Crippen LogP) is 5.42. The third-order valence-corrected chi connectivity index (χ3v) is 4.42. The van der Waals surface area contributed by atoms with Crippen molar-refractivity contribution in [1.29, 1.82) is 5.26 Å². The average Bonchev–Trinajstić information content (AvgIpc) is 2.97. The van der Waals surface area contributed by atoms with E-state index in [0.29, 0.717) is 5.57 Å². The van der Waals surface area contributed by atoms with E-state index < -0.39 is 0 Å². The molecule has 0 unspecified atom stereocenters. The Bertz CT molecular complexity index is 961. The molecule has 3 heteroatoms. The number of allylic oxidation sites excluding steroid dienone is 1. The molecule has 3 nitrogen and oxygen atoms in total. The Morgan fingerprint density at radius 1 is 1.12 bits per heavy atom. The lowest BCUT2D eigenvalue weighted by Crippen LogP contribution is -2.10. The smallest absolute Gasteiger partial charge is 0.151 e. The van der Waals surface area contributed by atoms with Gasteiger partial charge < -0.3 is 4.57 Å². The quantitative estimate of drug-likeness (QED) is 0.602. The van der Waals surface area contributed by atoms with E-state index >= 15 is 0 Å². The normalized spacial score (nSPS) is 12.4. The predicted molar refractivity (Wildman–Crippen MR) is 104 cm³/mol. The summed E-state index contributed by atoms with van der Waals surface area (Å²) in [6.07, 6.45) is 1.92. The molecule has 0 radical (unpaired) electrons. The summed E-state index contributed by atoms with van der Waals surface area (Å²) < 4.78 is 2.09. The van der Waals surface area contributed by atoms with Gasteiger partial charge in [-0.2, -0.15) is 5.26 Å². The largest absolute Gasteiger partial charge is 0.324 e. The van der Waals surface area contributed by atoms with E-state index in [1.807, 2.05) is 30.3 Å². The third kappa shape index (κ3) is 3.34. The molecule has 2 aromatic carbocycles. The number of fused-ring (bicyclic) bond motifs is 1. The molecule has 0 atom stereocenters. The lowest BCUT2D eigenvalue weighted by atomic mass is 9.86. The second-order valence-electron chi connectivity index (χ2n) is 7.21. The molecule has 0 saturated carbocycles. The first-order chi connectivity index (χ1) is 11.9. The highest BCUT2D eigenvalue weighted by Gasteiger charge is 2.15. The fourth-order valence-electron chi connectivity index (χ4n) is 2.99. The van der Waals surface area contributed by atoms with Gasteiger partial charge in [0.2, 0.25) is 0 Å². The number of aromatic nitrogens is 2. The van der Waals surface area contributed by atoms with Crippen molar-refractivity contribution in [2.45, 2.75) is 39.7 Å². The van der Waals surface area contributed by atoms with Gasteiger partial charge in [-0.05, 0) is 41.7 Å². The maximum Gasteiger partial charge on any atom is 0.151 e. The number of imidazole rings is 1. The summed E-state index contributed by atoms with van der Waals surface area (Å²) in [5, 5.41) is 9.70. The number of para-hydroxylation sites is 2. The molecule has 0 aliphatic rings. The standard InChI is InChI=1S/C22H23N3/c1-5-25-20-9-7-6-8-19(20)24-21(25)17(15-23)14-16-10-12-18(13-11-16)22(2,3)4/h6-14H,5H2,1-4H3. The van der Waals surface area contributed by atoms with Gasteiger partial charge in [0.05, 0.1) is 16.6 Å². The number of hydrogen-bond acceptors (Lipinski definition) is 2. The number of nitrogens with zero attached hydrogens (tertiary/aromatic N) is 3. The van der Waals surface area contributed by atoms with Crippen molar-refractivity contribution >= 4 is 22.7 Å². The molecule has 0 aliphatic carbocycles. The molecular weight excluding hydrogens is 306 g/mol. The van der Waals surface area contributed by atoms with Crippen molar-refractivity contribution in [3.05, 3.63) is 65.5 Å². The van der Waals surface area contributed by atoms with E-state index in [4.69, 9.17) is 0 Å². The first-order valence-corrected chi connectivity index (χ1v) is 8.62. The highest BCUT2D eigenvalue weighted by Crippen LogP contribution is 2.25.